The predicted octanol–water partition coefficient (Wildman–Crippen LogP) is 3.20. The molecule has 0 atom stereocenters. The van der Waals surface area contributed by atoms with Gasteiger partial charge in [0.1, 0.15) is 7.85 Å². The van der Waals surface area contributed by atoms with Crippen molar-refractivity contribution >= 4 is 62.2 Å². The molecule has 1 aliphatic heterocycles. The summed E-state index contributed by atoms with van der Waals surface area (Å²) in [5.41, 5.74) is 4.11. The van der Waals surface area contributed by atoms with E-state index >= 15 is 0 Å². The van der Waals surface area contributed by atoms with E-state index in [4.69, 9.17) is 20.5 Å². The molecule has 1 aromatic heterocycles. The van der Waals surface area contributed by atoms with Crippen LogP contribution >= 0.6 is 37.9 Å². The highest BCUT2D eigenvalue weighted by molar-refractivity contribution is 7.84. The standard InChI is InChI=1S/C16H21BN2S3/c1-3-9-13(20)11-10(8-4-6-19(2)7-5-8)16(17)18-12(11)15(22)14(9)21/h8,18,20-22H,3-7H2,1-2H3. The molecule has 1 saturated heterocycles. The van der Waals surface area contributed by atoms with Crippen LogP contribution < -0.4 is 5.59 Å². The van der Waals surface area contributed by atoms with Crippen LogP contribution in [0.2, 0.25) is 0 Å². The van der Waals surface area contributed by atoms with Gasteiger partial charge in [0.05, 0.1) is 5.52 Å². The molecule has 116 valence electrons. The molecule has 1 aliphatic rings. The maximum atomic E-state index is 6.34. The fraction of sp³-hybridized carbons (Fsp3) is 0.500. The van der Waals surface area contributed by atoms with E-state index in [9.17, 15) is 0 Å². The Kier molecular flexibility index (Phi) is 4.84. The summed E-state index contributed by atoms with van der Waals surface area (Å²) in [6.07, 6.45) is 3.15. The number of benzene rings is 1. The lowest BCUT2D eigenvalue weighted by molar-refractivity contribution is 0.256. The first kappa shape index (κ1) is 16.7. The van der Waals surface area contributed by atoms with Crippen molar-refractivity contribution in [2.45, 2.75) is 46.8 Å². The first-order chi connectivity index (χ1) is 10.5. The zero-order valence-electron chi connectivity index (χ0n) is 13.0. The summed E-state index contributed by atoms with van der Waals surface area (Å²) in [5.74, 6) is 0.485. The van der Waals surface area contributed by atoms with Crippen molar-refractivity contribution in [3.8, 4) is 0 Å². The second-order valence-corrected chi connectivity index (χ2v) is 7.50. The lowest BCUT2D eigenvalue weighted by Crippen LogP contribution is -2.30. The third-order valence-electron chi connectivity index (χ3n) is 4.82. The average Bonchev–Trinajstić information content (AvgIpc) is 2.84. The number of aromatic nitrogens is 1. The molecule has 3 rings (SSSR count). The molecule has 0 amide bonds. The van der Waals surface area contributed by atoms with E-state index in [1.54, 1.807) is 0 Å². The maximum absolute atomic E-state index is 6.34. The molecule has 2 radical (unpaired) electrons. The Balaban J connectivity index is 2.23. The van der Waals surface area contributed by atoms with Gasteiger partial charge in [-0.25, -0.2) is 0 Å². The topological polar surface area (TPSA) is 19.0 Å². The number of aromatic amines is 1. The molecule has 2 nitrogen and oxygen atoms in total. The maximum Gasteiger partial charge on any atom is 0.138 e. The molecule has 22 heavy (non-hydrogen) atoms. The molecule has 1 N–H and O–H groups in total. The zero-order valence-corrected chi connectivity index (χ0v) is 15.7. The summed E-state index contributed by atoms with van der Waals surface area (Å²) >= 11 is 14.1. The SMILES string of the molecule is [B]c1[nH]c2c(S)c(S)c(CC)c(S)c2c1C1CCN(C)CC1. The molecule has 0 saturated carbocycles. The third kappa shape index (κ3) is 2.62. The molecule has 6 heteroatoms. The number of nitrogens with zero attached hydrogens (tertiary/aromatic N) is 1. The van der Waals surface area contributed by atoms with Crippen molar-refractivity contribution in [1.29, 1.82) is 0 Å². The van der Waals surface area contributed by atoms with Gasteiger partial charge in [0.2, 0.25) is 0 Å². The van der Waals surface area contributed by atoms with Gasteiger partial charge in [-0.2, -0.15) is 0 Å². The van der Waals surface area contributed by atoms with Gasteiger partial charge in [-0.3, -0.25) is 0 Å². The zero-order chi connectivity index (χ0) is 16.0. The van der Waals surface area contributed by atoms with Gasteiger partial charge in [-0.1, -0.05) is 6.92 Å². The number of hydrogen-bond acceptors (Lipinski definition) is 4. The Morgan fingerprint density at radius 1 is 1.14 bits per heavy atom. The van der Waals surface area contributed by atoms with E-state index in [2.05, 4.69) is 49.1 Å². The number of hydrogen-bond donors (Lipinski definition) is 4. The van der Waals surface area contributed by atoms with Crippen LogP contribution in [0.25, 0.3) is 10.9 Å². The van der Waals surface area contributed by atoms with Gasteiger partial charge in [-0.05, 0) is 62.0 Å². The molecule has 0 aliphatic carbocycles. The molecule has 1 fully saturated rings. The van der Waals surface area contributed by atoms with Crippen LogP contribution in [-0.2, 0) is 6.42 Å². The summed E-state index contributed by atoms with van der Waals surface area (Å²) in [6, 6.07) is 0. The molecule has 0 unspecified atom stereocenters. The molecular weight excluding hydrogens is 327 g/mol. The number of H-pyrrole nitrogens is 1. The van der Waals surface area contributed by atoms with Crippen molar-refractivity contribution < 1.29 is 0 Å². The van der Waals surface area contributed by atoms with E-state index in [1.807, 2.05) is 0 Å². The Bertz CT molecular complexity index is 718. The van der Waals surface area contributed by atoms with Crippen LogP contribution in [0.5, 0.6) is 0 Å². The van der Waals surface area contributed by atoms with Crippen molar-refractivity contribution in [2.24, 2.45) is 0 Å². The van der Waals surface area contributed by atoms with Crippen molar-refractivity contribution in [3.05, 3.63) is 11.1 Å². The number of rotatable bonds is 2. The summed E-state index contributed by atoms with van der Waals surface area (Å²) < 4.78 is 0. The first-order valence-electron chi connectivity index (χ1n) is 7.70. The largest absolute Gasteiger partial charge is 0.367 e. The van der Waals surface area contributed by atoms with Crippen LogP contribution in [0.1, 0.15) is 36.8 Å². The molecule has 0 bridgehead atoms. The lowest BCUT2D eigenvalue weighted by Gasteiger charge is -2.29. The van der Waals surface area contributed by atoms with Gasteiger partial charge < -0.3 is 9.88 Å². The minimum Gasteiger partial charge on any atom is -0.367 e. The van der Waals surface area contributed by atoms with Crippen molar-refractivity contribution in [1.82, 2.24) is 9.88 Å². The molecule has 2 heterocycles. The number of likely N-dealkylation sites (tertiary alicyclic amines) is 1. The summed E-state index contributed by atoms with van der Waals surface area (Å²) in [5, 5.41) is 1.15. The van der Waals surface area contributed by atoms with Crippen LogP contribution in [0.3, 0.4) is 0 Å². The second kappa shape index (κ2) is 6.38. The first-order valence-corrected chi connectivity index (χ1v) is 9.05. The summed E-state index contributed by atoms with van der Waals surface area (Å²) in [6.45, 7) is 4.34. The van der Waals surface area contributed by atoms with Crippen LogP contribution in [0, 0.1) is 0 Å². The molecular formula is C16H21BN2S3. The smallest absolute Gasteiger partial charge is 0.138 e. The highest BCUT2D eigenvalue weighted by Crippen LogP contribution is 2.41. The normalized spacial score (nSPS) is 17.5. The monoisotopic (exact) mass is 348 g/mol. The van der Waals surface area contributed by atoms with Gasteiger partial charge in [-0.15, -0.1) is 37.9 Å². The number of fused-ring (bicyclic) bond motifs is 1. The molecule has 1 aromatic carbocycles. The van der Waals surface area contributed by atoms with Crippen molar-refractivity contribution in [2.75, 3.05) is 20.1 Å². The van der Waals surface area contributed by atoms with Gasteiger partial charge in [0.25, 0.3) is 0 Å². The number of piperidine rings is 1. The van der Waals surface area contributed by atoms with Gasteiger partial charge >= 0.3 is 0 Å². The second-order valence-electron chi connectivity index (χ2n) is 6.16. The van der Waals surface area contributed by atoms with Gasteiger partial charge in [0.15, 0.2) is 0 Å². The molecule has 0 spiro atoms. The quantitative estimate of drug-likeness (QED) is 0.485. The van der Waals surface area contributed by atoms with E-state index in [1.165, 1.54) is 5.56 Å². The average molecular weight is 348 g/mol. The highest BCUT2D eigenvalue weighted by Gasteiger charge is 2.26. The highest BCUT2D eigenvalue weighted by atomic mass is 32.1. The van der Waals surface area contributed by atoms with Crippen LogP contribution in [0.15, 0.2) is 14.7 Å². The van der Waals surface area contributed by atoms with Crippen LogP contribution in [0.4, 0.5) is 0 Å². The van der Waals surface area contributed by atoms with Gasteiger partial charge in [0, 0.05) is 20.1 Å². The number of thiol groups is 3. The Morgan fingerprint density at radius 2 is 1.77 bits per heavy atom. The predicted molar refractivity (Wildman–Crippen MR) is 104 cm³/mol. The van der Waals surface area contributed by atoms with E-state index in [0.29, 0.717) is 5.92 Å². The summed E-state index contributed by atoms with van der Waals surface area (Å²) in [7, 11) is 8.51. The third-order valence-corrected chi connectivity index (χ3v) is 6.43. The molecule has 2 aromatic rings. The Hall–Kier alpha value is -0.165. The van der Waals surface area contributed by atoms with Crippen LogP contribution in [-0.4, -0.2) is 37.9 Å². The summed E-state index contributed by atoms with van der Waals surface area (Å²) in [4.78, 5) is 8.48. The fourth-order valence-corrected chi connectivity index (χ4v) is 4.81. The fourth-order valence-electron chi connectivity index (χ4n) is 3.54. The van der Waals surface area contributed by atoms with E-state index in [-0.39, 0.29) is 0 Å². The van der Waals surface area contributed by atoms with Crippen molar-refractivity contribution in [3.63, 3.8) is 0 Å². The minimum atomic E-state index is 0.485. The number of nitrogens with one attached hydrogen (secondary N) is 1. The minimum absolute atomic E-state index is 0.485. The Labute approximate surface area is 150 Å². The van der Waals surface area contributed by atoms with E-state index in [0.717, 1.165) is 69.1 Å². The van der Waals surface area contributed by atoms with E-state index < -0.39 is 0 Å². The lowest BCUT2D eigenvalue weighted by atomic mass is 9.83. The Morgan fingerprint density at radius 3 is 2.36 bits per heavy atom.